The molecule has 0 atom stereocenters. The molecule has 1 aliphatic heterocycles. The molecule has 10 heteroatoms. The predicted octanol–water partition coefficient (Wildman–Crippen LogP) is 5.39. The number of carbonyl (C=O) groups excluding carboxylic acids is 1. The van der Waals surface area contributed by atoms with Crippen molar-refractivity contribution in [2.75, 3.05) is 35.8 Å². The second-order valence-corrected chi connectivity index (χ2v) is 10.9. The number of hydrogen-bond donors (Lipinski definition) is 1. The highest BCUT2D eigenvalue weighted by molar-refractivity contribution is 7.92. The average Bonchev–Trinajstić information content (AvgIpc) is 2.85. The van der Waals surface area contributed by atoms with Gasteiger partial charge in [-0.25, -0.2) is 8.42 Å². The third-order valence-electron chi connectivity index (χ3n) is 6.47. The standard InChI is InChI=1S/C27H28F3N3O3S/c1-18-7-8-19(2)24(15-18)31-37(35,36)25-16-21(10-9-20(25)3)26(34)33-13-11-32(12-14-33)23-6-4-5-22(17-23)27(28,29)30/h4-10,15-17,31H,11-14H2,1-3H3. The van der Waals surface area contributed by atoms with Crippen molar-refractivity contribution in [1.82, 2.24) is 4.90 Å². The van der Waals surface area contributed by atoms with Gasteiger partial charge in [0.1, 0.15) is 0 Å². The Balaban J connectivity index is 1.49. The summed E-state index contributed by atoms with van der Waals surface area (Å²) < 4.78 is 68.3. The lowest BCUT2D eigenvalue weighted by atomic mass is 10.1. The zero-order valence-corrected chi connectivity index (χ0v) is 21.6. The highest BCUT2D eigenvalue weighted by atomic mass is 32.2. The number of aryl methyl sites for hydroxylation is 3. The Labute approximate surface area is 214 Å². The molecule has 3 aromatic carbocycles. The first-order chi connectivity index (χ1) is 17.3. The second-order valence-electron chi connectivity index (χ2n) is 9.23. The van der Waals surface area contributed by atoms with Crippen LogP contribution >= 0.6 is 0 Å². The Morgan fingerprint density at radius 1 is 0.865 bits per heavy atom. The van der Waals surface area contributed by atoms with Crippen LogP contribution in [0.1, 0.15) is 32.6 Å². The SMILES string of the molecule is Cc1ccc(C)c(NS(=O)(=O)c2cc(C(=O)N3CCN(c4cccc(C(F)(F)F)c4)CC3)ccc2C)c1. The molecular weight excluding hydrogens is 503 g/mol. The molecular formula is C27H28F3N3O3S. The van der Waals surface area contributed by atoms with Crippen LogP contribution in [0.4, 0.5) is 24.5 Å². The maximum absolute atomic E-state index is 13.2. The lowest BCUT2D eigenvalue weighted by Crippen LogP contribution is -2.48. The van der Waals surface area contributed by atoms with E-state index in [-0.39, 0.29) is 16.4 Å². The maximum Gasteiger partial charge on any atom is 0.416 e. The fourth-order valence-corrected chi connectivity index (χ4v) is 5.69. The molecule has 1 amide bonds. The molecule has 1 heterocycles. The number of halogens is 3. The quantitative estimate of drug-likeness (QED) is 0.479. The lowest BCUT2D eigenvalue weighted by molar-refractivity contribution is -0.137. The fraction of sp³-hybridized carbons (Fsp3) is 0.296. The molecule has 1 fully saturated rings. The summed E-state index contributed by atoms with van der Waals surface area (Å²) >= 11 is 0. The van der Waals surface area contributed by atoms with Crippen LogP contribution in [0.15, 0.2) is 65.6 Å². The van der Waals surface area contributed by atoms with Crippen molar-refractivity contribution in [2.45, 2.75) is 31.8 Å². The first kappa shape index (κ1) is 26.5. The molecule has 0 bridgehead atoms. The molecule has 0 saturated carbocycles. The van der Waals surface area contributed by atoms with Gasteiger partial charge in [-0.3, -0.25) is 9.52 Å². The number of nitrogens with one attached hydrogen (secondary N) is 1. The Bertz CT molecular complexity index is 1430. The van der Waals surface area contributed by atoms with Crippen molar-refractivity contribution in [1.29, 1.82) is 0 Å². The van der Waals surface area contributed by atoms with E-state index < -0.39 is 21.8 Å². The molecule has 1 aliphatic rings. The van der Waals surface area contributed by atoms with Gasteiger partial charge in [0, 0.05) is 37.4 Å². The molecule has 196 valence electrons. The molecule has 1 N–H and O–H groups in total. The van der Waals surface area contributed by atoms with E-state index in [4.69, 9.17) is 0 Å². The average molecular weight is 532 g/mol. The molecule has 0 aromatic heterocycles. The van der Waals surface area contributed by atoms with Gasteiger partial charge >= 0.3 is 6.18 Å². The van der Waals surface area contributed by atoms with Crippen molar-refractivity contribution < 1.29 is 26.4 Å². The van der Waals surface area contributed by atoms with Gasteiger partial charge in [0.05, 0.1) is 16.1 Å². The second kappa shape index (κ2) is 10.1. The molecule has 0 spiro atoms. The number of nitrogens with zero attached hydrogens (tertiary/aromatic N) is 2. The van der Waals surface area contributed by atoms with Crippen LogP contribution in [0, 0.1) is 20.8 Å². The normalized spacial score (nSPS) is 14.5. The van der Waals surface area contributed by atoms with Crippen LogP contribution in [0.2, 0.25) is 0 Å². The number of hydrogen-bond acceptors (Lipinski definition) is 4. The Kier molecular flexibility index (Phi) is 7.23. The number of carbonyl (C=O) groups is 1. The van der Waals surface area contributed by atoms with Crippen LogP contribution in [0.3, 0.4) is 0 Å². The molecule has 4 rings (SSSR count). The summed E-state index contributed by atoms with van der Waals surface area (Å²) in [5.74, 6) is -0.327. The Morgan fingerprint density at radius 3 is 2.22 bits per heavy atom. The van der Waals surface area contributed by atoms with Gasteiger partial charge in [-0.2, -0.15) is 13.2 Å². The van der Waals surface area contributed by atoms with E-state index in [9.17, 15) is 26.4 Å². The van der Waals surface area contributed by atoms with Crippen LogP contribution in [0.5, 0.6) is 0 Å². The molecule has 0 unspecified atom stereocenters. The van der Waals surface area contributed by atoms with Gasteiger partial charge in [0.2, 0.25) is 0 Å². The molecule has 6 nitrogen and oxygen atoms in total. The maximum atomic E-state index is 13.2. The summed E-state index contributed by atoms with van der Waals surface area (Å²) in [6.07, 6.45) is -4.43. The van der Waals surface area contributed by atoms with Crippen molar-refractivity contribution in [2.24, 2.45) is 0 Å². The number of rotatable bonds is 5. The van der Waals surface area contributed by atoms with E-state index in [0.29, 0.717) is 43.1 Å². The van der Waals surface area contributed by atoms with E-state index in [1.54, 1.807) is 41.0 Å². The summed E-state index contributed by atoms with van der Waals surface area (Å²) in [7, 11) is -3.95. The highest BCUT2D eigenvalue weighted by Crippen LogP contribution is 2.32. The number of benzene rings is 3. The van der Waals surface area contributed by atoms with Gasteiger partial charge in [0.25, 0.3) is 15.9 Å². The van der Waals surface area contributed by atoms with Crippen LogP contribution in [0.25, 0.3) is 0 Å². The third kappa shape index (κ3) is 5.90. The van der Waals surface area contributed by atoms with Crippen molar-refractivity contribution in [3.63, 3.8) is 0 Å². The summed E-state index contributed by atoms with van der Waals surface area (Å²) in [4.78, 5) is 16.6. The Morgan fingerprint density at radius 2 is 1.54 bits per heavy atom. The van der Waals surface area contributed by atoms with Crippen LogP contribution in [-0.4, -0.2) is 45.4 Å². The first-order valence-electron chi connectivity index (χ1n) is 11.8. The minimum Gasteiger partial charge on any atom is -0.368 e. The lowest BCUT2D eigenvalue weighted by Gasteiger charge is -2.36. The van der Waals surface area contributed by atoms with Crippen molar-refractivity contribution >= 4 is 27.3 Å². The largest absolute Gasteiger partial charge is 0.416 e. The monoisotopic (exact) mass is 531 g/mol. The Hall–Kier alpha value is -3.53. The third-order valence-corrected chi connectivity index (χ3v) is 7.98. The number of amides is 1. The van der Waals surface area contributed by atoms with E-state index in [2.05, 4.69) is 4.72 Å². The fourth-order valence-electron chi connectivity index (χ4n) is 4.30. The van der Waals surface area contributed by atoms with E-state index in [1.807, 2.05) is 26.0 Å². The zero-order chi connectivity index (χ0) is 27.0. The van der Waals surface area contributed by atoms with Gasteiger partial charge < -0.3 is 9.80 Å². The molecule has 1 saturated heterocycles. The highest BCUT2D eigenvalue weighted by Gasteiger charge is 2.31. The zero-order valence-electron chi connectivity index (χ0n) is 20.8. The van der Waals surface area contributed by atoms with Crippen molar-refractivity contribution in [3.8, 4) is 0 Å². The molecule has 3 aromatic rings. The smallest absolute Gasteiger partial charge is 0.368 e. The van der Waals surface area contributed by atoms with Crippen LogP contribution < -0.4 is 9.62 Å². The number of alkyl halides is 3. The summed E-state index contributed by atoms with van der Waals surface area (Å²) in [6, 6.07) is 15.2. The number of anilines is 2. The van der Waals surface area contributed by atoms with Gasteiger partial charge in [-0.05, 0) is 73.9 Å². The van der Waals surface area contributed by atoms with Crippen LogP contribution in [-0.2, 0) is 16.2 Å². The van der Waals surface area contributed by atoms with Gasteiger partial charge in [0.15, 0.2) is 0 Å². The summed E-state index contributed by atoms with van der Waals surface area (Å²) in [5.41, 5.74) is 2.63. The minimum atomic E-state index is -4.43. The summed E-state index contributed by atoms with van der Waals surface area (Å²) in [5, 5.41) is 0. The predicted molar refractivity (Wildman–Crippen MR) is 137 cm³/mol. The van der Waals surface area contributed by atoms with Crippen molar-refractivity contribution in [3.05, 3.63) is 88.5 Å². The minimum absolute atomic E-state index is 0.0156. The topological polar surface area (TPSA) is 69.7 Å². The van der Waals surface area contributed by atoms with E-state index >= 15 is 0 Å². The molecule has 37 heavy (non-hydrogen) atoms. The molecule has 0 aliphatic carbocycles. The number of piperazine rings is 1. The van der Waals surface area contributed by atoms with E-state index in [1.165, 1.54) is 12.1 Å². The van der Waals surface area contributed by atoms with Gasteiger partial charge in [-0.15, -0.1) is 0 Å². The van der Waals surface area contributed by atoms with Gasteiger partial charge in [-0.1, -0.05) is 24.3 Å². The summed E-state index contributed by atoms with van der Waals surface area (Å²) in [6.45, 7) is 6.66. The molecule has 0 radical (unpaired) electrons. The number of sulfonamides is 1. The van der Waals surface area contributed by atoms with E-state index in [0.717, 1.165) is 23.3 Å². The first-order valence-corrected chi connectivity index (χ1v) is 13.3.